The third-order valence-corrected chi connectivity index (χ3v) is 9.57. The molecule has 2 saturated carbocycles. The summed E-state index contributed by atoms with van der Waals surface area (Å²) in [6.07, 6.45) is 12.7. The van der Waals surface area contributed by atoms with E-state index in [2.05, 4.69) is 36.3 Å². The minimum Gasteiger partial charge on any atom is -0.478 e. The monoisotopic (exact) mass is 605 g/mol. The Morgan fingerprint density at radius 2 is 1.71 bits per heavy atom. The molecule has 2 heterocycles. The van der Waals surface area contributed by atoms with E-state index in [-0.39, 0.29) is 16.4 Å². The number of carboxylic acid groups (broad SMARTS) is 1. The Hall–Kier alpha value is -3.42. The van der Waals surface area contributed by atoms with Gasteiger partial charge in [0.05, 0.1) is 15.6 Å². The van der Waals surface area contributed by atoms with Crippen molar-refractivity contribution in [1.82, 2.24) is 15.3 Å². The summed E-state index contributed by atoms with van der Waals surface area (Å²) in [5.74, 6) is 1.43. The first kappa shape index (κ1) is 28.7. The summed E-state index contributed by atoms with van der Waals surface area (Å²) in [7, 11) is 0. The molecule has 4 aromatic rings. The average Bonchev–Trinajstić information content (AvgIpc) is 3.54. The Kier molecular flexibility index (Phi) is 7.75. The molecular weight excluding hydrogens is 573 g/mol. The third kappa shape index (κ3) is 5.52. The Morgan fingerprint density at radius 3 is 2.33 bits per heavy atom. The highest BCUT2D eigenvalue weighted by Crippen LogP contribution is 2.51. The molecule has 7 nitrogen and oxygen atoms in total. The number of hydrogen-bond donors (Lipinski definition) is 1. The first-order valence-corrected chi connectivity index (χ1v) is 15.3. The Morgan fingerprint density at radius 1 is 1.02 bits per heavy atom. The van der Waals surface area contributed by atoms with E-state index in [1.165, 1.54) is 0 Å². The molecule has 2 aromatic heterocycles. The molecule has 9 heteroatoms. The van der Waals surface area contributed by atoms with Crippen LogP contribution in [0.5, 0.6) is 0 Å². The lowest BCUT2D eigenvalue weighted by Crippen LogP contribution is -2.34. The molecule has 2 aliphatic rings. The van der Waals surface area contributed by atoms with Crippen LogP contribution < -0.4 is 0 Å². The number of aromatic nitrogens is 3. The van der Waals surface area contributed by atoms with Crippen LogP contribution in [0.2, 0.25) is 10.0 Å². The summed E-state index contributed by atoms with van der Waals surface area (Å²) in [6, 6.07) is 12.0. The van der Waals surface area contributed by atoms with Gasteiger partial charge >= 0.3 is 5.97 Å². The molecule has 0 atom stereocenters. The second kappa shape index (κ2) is 11.3. The molecule has 218 valence electrons. The molecular formula is C33H33Cl2N3O4. The lowest BCUT2D eigenvalue weighted by Gasteiger charge is -2.42. The highest BCUT2D eigenvalue weighted by molar-refractivity contribution is 6.39. The van der Waals surface area contributed by atoms with Gasteiger partial charge in [0.15, 0.2) is 0 Å². The van der Waals surface area contributed by atoms with Crippen LogP contribution in [-0.4, -0.2) is 26.4 Å². The summed E-state index contributed by atoms with van der Waals surface area (Å²) in [5, 5.41) is 19.0. The zero-order valence-electron chi connectivity index (χ0n) is 23.7. The number of carboxylic acids is 1. The van der Waals surface area contributed by atoms with E-state index >= 15 is 0 Å². The summed E-state index contributed by atoms with van der Waals surface area (Å²) >= 11 is 13.2. The van der Waals surface area contributed by atoms with E-state index in [9.17, 15) is 9.90 Å². The highest BCUT2D eigenvalue weighted by Gasteiger charge is 2.43. The van der Waals surface area contributed by atoms with Crippen molar-refractivity contribution in [3.8, 4) is 22.6 Å². The predicted molar refractivity (Wildman–Crippen MR) is 163 cm³/mol. The van der Waals surface area contributed by atoms with E-state index in [1.807, 2.05) is 18.2 Å². The van der Waals surface area contributed by atoms with Gasteiger partial charge in [-0.05, 0) is 74.6 Å². The number of rotatable bonds is 9. The maximum Gasteiger partial charge on any atom is 0.335 e. The predicted octanol–water partition coefficient (Wildman–Crippen LogP) is 9.61. The second-order valence-corrected chi connectivity index (χ2v) is 12.8. The molecule has 6 rings (SSSR count). The van der Waals surface area contributed by atoms with Gasteiger partial charge in [-0.1, -0.05) is 84.1 Å². The maximum absolute atomic E-state index is 11.2. The number of allylic oxidation sites excluding steroid dienone is 1. The molecule has 2 fully saturated rings. The van der Waals surface area contributed by atoms with Gasteiger partial charge in [-0.15, -0.1) is 0 Å². The van der Waals surface area contributed by atoms with Gasteiger partial charge in [-0.3, -0.25) is 0 Å². The number of carbonyl (C=O) groups is 1. The number of aromatic carboxylic acids is 1. The summed E-state index contributed by atoms with van der Waals surface area (Å²) in [6.45, 7) is 4.42. The van der Waals surface area contributed by atoms with Crippen LogP contribution in [0.25, 0.3) is 28.7 Å². The Labute approximate surface area is 254 Å². The van der Waals surface area contributed by atoms with Gasteiger partial charge in [-0.2, -0.15) is 4.98 Å². The number of nitrogens with zero attached hydrogens (tertiary/aromatic N) is 3. The van der Waals surface area contributed by atoms with E-state index in [1.54, 1.807) is 24.3 Å². The van der Waals surface area contributed by atoms with E-state index in [4.69, 9.17) is 37.2 Å². The quantitative estimate of drug-likeness (QED) is 0.202. The normalized spacial score (nSPS) is 22.6. The van der Waals surface area contributed by atoms with Gasteiger partial charge in [0, 0.05) is 28.0 Å². The first-order valence-electron chi connectivity index (χ1n) is 14.5. The fourth-order valence-corrected chi connectivity index (χ4v) is 6.71. The molecule has 2 aromatic carbocycles. The number of benzene rings is 2. The molecule has 0 amide bonds. The van der Waals surface area contributed by atoms with Gasteiger partial charge in [-0.25, -0.2) is 4.79 Å². The van der Waals surface area contributed by atoms with Crippen molar-refractivity contribution in [2.24, 2.45) is 5.41 Å². The minimum atomic E-state index is -0.966. The van der Waals surface area contributed by atoms with Crippen LogP contribution in [0.1, 0.15) is 98.7 Å². The van der Waals surface area contributed by atoms with Crippen molar-refractivity contribution in [3.05, 3.63) is 81.4 Å². The molecule has 0 saturated heterocycles. The summed E-state index contributed by atoms with van der Waals surface area (Å²) in [5.41, 5.74) is 3.11. The molecule has 0 bridgehead atoms. The van der Waals surface area contributed by atoms with Crippen LogP contribution in [-0.2, 0) is 5.41 Å². The smallest absolute Gasteiger partial charge is 0.335 e. The number of halogens is 2. The fraction of sp³-hybridized carbons (Fsp3) is 0.394. The lowest BCUT2D eigenvalue weighted by atomic mass is 9.62. The lowest BCUT2D eigenvalue weighted by molar-refractivity contribution is 0.0697. The van der Waals surface area contributed by atoms with E-state index in [0.717, 1.165) is 68.3 Å². The van der Waals surface area contributed by atoms with Crippen LogP contribution >= 0.6 is 23.2 Å². The standard InChI is InChI=1S/C33H33Cl2N3O4/c1-3-14-33(15-13-23-27(37-41-28(23)20-7-8-20)26-24(34)5-4-6-25(26)35)18-16-32(2,17-19-33)31-36-29(38-42-31)21-9-11-22(12-10-21)30(39)40/h4-6,9-13,15,20H,3,7-8,14,16-19H2,1-2H3,(H,39,40)/b15-13-. The fourth-order valence-electron chi connectivity index (χ4n) is 6.13. The largest absolute Gasteiger partial charge is 0.478 e. The Bertz CT molecular complexity index is 1610. The van der Waals surface area contributed by atoms with Crippen molar-refractivity contribution < 1.29 is 18.9 Å². The molecule has 0 unspecified atom stereocenters. The van der Waals surface area contributed by atoms with Crippen molar-refractivity contribution in [1.29, 1.82) is 0 Å². The van der Waals surface area contributed by atoms with Crippen molar-refractivity contribution >= 4 is 35.2 Å². The van der Waals surface area contributed by atoms with Crippen LogP contribution in [0.15, 0.2) is 57.6 Å². The number of hydrogen-bond acceptors (Lipinski definition) is 6. The molecule has 1 N–H and O–H groups in total. The maximum atomic E-state index is 11.2. The van der Waals surface area contributed by atoms with E-state index < -0.39 is 5.97 Å². The van der Waals surface area contributed by atoms with Crippen molar-refractivity contribution in [2.45, 2.75) is 76.5 Å². The zero-order chi connectivity index (χ0) is 29.5. The molecule has 0 spiro atoms. The molecule has 0 radical (unpaired) electrons. The van der Waals surface area contributed by atoms with Gasteiger partial charge in [0.25, 0.3) is 0 Å². The zero-order valence-corrected chi connectivity index (χ0v) is 25.2. The van der Waals surface area contributed by atoms with Crippen molar-refractivity contribution in [2.75, 3.05) is 0 Å². The van der Waals surface area contributed by atoms with Crippen LogP contribution in [0.3, 0.4) is 0 Å². The van der Waals surface area contributed by atoms with Gasteiger partial charge < -0.3 is 14.2 Å². The van der Waals surface area contributed by atoms with Crippen LogP contribution in [0, 0.1) is 5.41 Å². The van der Waals surface area contributed by atoms with E-state index in [0.29, 0.717) is 38.9 Å². The van der Waals surface area contributed by atoms with Gasteiger partial charge in [0.2, 0.25) is 11.7 Å². The topological polar surface area (TPSA) is 102 Å². The summed E-state index contributed by atoms with van der Waals surface area (Å²) < 4.78 is 11.7. The van der Waals surface area contributed by atoms with Gasteiger partial charge in [0.1, 0.15) is 11.5 Å². The molecule has 42 heavy (non-hydrogen) atoms. The third-order valence-electron chi connectivity index (χ3n) is 8.94. The molecule has 0 aliphatic heterocycles. The van der Waals surface area contributed by atoms with Crippen LogP contribution in [0.4, 0.5) is 0 Å². The highest BCUT2D eigenvalue weighted by atomic mass is 35.5. The average molecular weight is 607 g/mol. The SMILES string of the molecule is CCCC1(/C=C\c2c(-c3c(Cl)cccc3Cl)noc2C2CC2)CCC(C)(c2nc(-c3ccc(C(=O)O)cc3)no2)CC1. The first-order chi connectivity index (χ1) is 20.2. The summed E-state index contributed by atoms with van der Waals surface area (Å²) in [4.78, 5) is 15.9. The second-order valence-electron chi connectivity index (χ2n) is 12.0. The molecule has 2 aliphatic carbocycles. The van der Waals surface area contributed by atoms with Crippen molar-refractivity contribution in [3.63, 3.8) is 0 Å². The minimum absolute atomic E-state index is 0.0173. The Balaban J connectivity index is 1.25.